The van der Waals surface area contributed by atoms with E-state index in [0.29, 0.717) is 43.7 Å². The highest BCUT2D eigenvalue weighted by atomic mass is 16.2. The van der Waals surface area contributed by atoms with Crippen molar-refractivity contribution in [2.75, 3.05) is 32.7 Å². The molecule has 19 heteroatoms. The summed E-state index contributed by atoms with van der Waals surface area (Å²) in [4.78, 5) is 93.6. The number of aromatic nitrogens is 3. The average molecular weight is 892 g/mol. The first-order valence-electron chi connectivity index (χ1n) is 21.3. The fourth-order valence-electron chi connectivity index (χ4n) is 6.71. The van der Waals surface area contributed by atoms with Crippen LogP contribution < -0.4 is 43.9 Å². The van der Waals surface area contributed by atoms with Crippen LogP contribution in [0.15, 0.2) is 98.6 Å². The molecule has 0 aliphatic rings. The molecule has 0 aliphatic carbocycles. The third-order valence-corrected chi connectivity index (χ3v) is 10.2. The van der Waals surface area contributed by atoms with Crippen LogP contribution in [0.2, 0.25) is 0 Å². The van der Waals surface area contributed by atoms with Crippen molar-refractivity contribution in [1.29, 1.82) is 0 Å². The number of unbranched alkanes of at least 4 members (excludes halogenated alkanes) is 1. The highest BCUT2D eigenvalue weighted by Gasteiger charge is 2.31. The van der Waals surface area contributed by atoms with Crippen molar-refractivity contribution in [1.82, 2.24) is 51.6 Å². The Balaban J connectivity index is 1.56. The quantitative estimate of drug-likeness (QED) is 0.0189. The second-order valence-electron chi connectivity index (χ2n) is 15.4. The van der Waals surface area contributed by atoms with Gasteiger partial charge < -0.3 is 48.4 Å². The van der Waals surface area contributed by atoms with Crippen molar-refractivity contribution in [3.8, 4) is 11.8 Å². The lowest BCUT2D eigenvalue weighted by Gasteiger charge is -2.28. The monoisotopic (exact) mass is 891 g/mol. The van der Waals surface area contributed by atoms with Gasteiger partial charge in [-0.25, -0.2) is 14.8 Å². The van der Waals surface area contributed by atoms with Crippen LogP contribution in [0.4, 0.5) is 4.79 Å². The molecular weight excluding hydrogens is 831 g/mol. The molecule has 13 N–H and O–H groups in total. The maximum atomic E-state index is 14.1. The van der Waals surface area contributed by atoms with E-state index in [9.17, 15) is 28.8 Å². The number of hydrogen-bond acceptors (Lipinski definition) is 10. The first kappa shape index (κ1) is 50.4. The number of urea groups is 1. The summed E-state index contributed by atoms with van der Waals surface area (Å²) in [7, 11) is 0. The zero-order chi connectivity index (χ0) is 47.1. The molecule has 0 fully saturated rings. The maximum absolute atomic E-state index is 14.1. The zero-order valence-electron chi connectivity index (χ0n) is 36.7. The van der Waals surface area contributed by atoms with E-state index in [-0.39, 0.29) is 38.8 Å². The van der Waals surface area contributed by atoms with Crippen LogP contribution >= 0.6 is 0 Å². The van der Waals surface area contributed by atoms with E-state index in [1.807, 2.05) is 29.2 Å². The fraction of sp³-hybridized carbons (Fsp3) is 0.370. The number of nitrogens with zero attached hydrogens (tertiary/aromatic N) is 3. The number of nitrogens with one attached hydrogen (secondary N) is 7. The lowest BCUT2D eigenvalue weighted by Crippen LogP contribution is -2.61. The second kappa shape index (κ2) is 26.4. The number of amides is 7. The van der Waals surface area contributed by atoms with E-state index in [1.165, 1.54) is 13.3 Å². The van der Waals surface area contributed by atoms with Crippen LogP contribution in [0.1, 0.15) is 43.0 Å². The van der Waals surface area contributed by atoms with Crippen molar-refractivity contribution < 1.29 is 28.8 Å². The van der Waals surface area contributed by atoms with Gasteiger partial charge in [0.15, 0.2) is 0 Å². The Labute approximate surface area is 378 Å². The molecule has 0 saturated carbocycles. The Morgan fingerprint density at radius 3 is 2.12 bits per heavy atom. The summed E-state index contributed by atoms with van der Waals surface area (Å²) in [6.07, 6.45) is 9.74. The van der Waals surface area contributed by atoms with Gasteiger partial charge >= 0.3 is 6.03 Å². The molecule has 0 radical (unpaired) electrons. The number of primary amides is 1. The summed E-state index contributed by atoms with van der Waals surface area (Å²) in [5.41, 5.74) is 22.9. The van der Waals surface area contributed by atoms with Gasteiger partial charge in [0, 0.05) is 61.3 Å². The first-order chi connectivity index (χ1) is 31.3. The Morgan fingerprint density at radius 1 is 0.785 bits per heavy atom. The Morgan fingerprint density at radius 2 is 1.45 bits per heavy atom. The van der Waals surface area contributed by atoms with Gasteiger partial charge in [-0.05, 0) is 49.9 Å². The average Bonchev–Trinajstić information content (AvgIpc) is 3.96. The molecular formula is C46H61N13O6. The van der Waals surface area contributed by atoms with E-state index in [2.05, 4.69) is 66.6 Å². The number of hydrazine groups is 1. The van der Waals surface area contributed by atoms with Crippen LogP contribution in [0.5, 0.6) is 0 Å². The van der Waals surface area contributed by atoms with Crippen LogP contribution in [0.3, 0.4) is 0 Å². The highest BCUT2D eigenvalue weighted by Crippen LogP contribution is 2.19. The molecule has 2 heterocycles. The molecule has 0 unspecified atom stereocenters. The van der Waals surface area contributed by atoms with Crippen LogP contribution in [0.25, 0.3) is 10.9 Å². The van der Waals surface area contributed by atoms with Gasteiger partial charge in [-0.15, -0.1) is 13.2 Å². The number of hydrogen-bond donors (Lipinski definition) is 10. The molecule has 19 nitrogen and oxygen atoms in total. The van der Waals surface area contributed by atoms with Crippen molar-refractivity contribution in [2.24, 2.45) is 17.2 Å². The summed E-state index contributed by atoms with van der Waals surface area (Å²) in [5, 5.41) is 12.5. The van der Waals surface area contributed by atoms with E-state index in [4.69, 9.17) is 17.2 Å². The third kappa shape index (κ3) is 16.4. The summed E-state index contributed by atoms with van der Waals surface area (Å²) in [6.45, 7) is 10.3. The minimum Gasteiger partial charge on any atom is -0.368 e. The van der Waals surface area contributed by atoms with Crippen molar-refractivity contribution in [2.45, 2.75) is 75.7 Å². The Kier molecular flexibility index (Phi) is 20.4. The predicted molar refractivity (Wildman–Crippen MR) is 248 cm³/mol. The van der Waals surface area contributed by atoms with Crippen LogP contribution in [-0.2, 0) is 43.2 Å². The largest absolute Gasteiger partial charge is 0.368 e. The molecule has 65 heavy (non-hydrogen) atoms. The number of carbonyl (C=O) groups is 6. The van der Waals surface area contributed by atoms with Crippen LogP contribution in [0, 0.1) is 11.8 Å². The number of para-hydroxylation sites is 1. The van der Waals surface area contributed by atoms with E-state index in [1.54, 1.807) is 54.9 Å². The summed E-state index contributed by atoms with van der Waals surface area (Å²) >= 11 is 0. The molecule has 5 atom stereocenters. The fourth-order valence-corrected chi connectivity index (χ4v) is 6.71. The van der Waals surface area contributed by atoms with Crippen molar-refractivity contribution >= 4 is 46.5 Å². The zero-order valence-corrected chi connectivity index (χ0v) is 36.7. The predicted octanol–water partition coefficient (Wildman–Crippen LogP) is 0.424. The third-order valence-electron chi connectivity index (χ3n) is 10.2. The highest BCUT2D eigenvalue weighted by molar-refractivity contribution is 5.95. The molecule has 346 valence electrons. The lowest BCUT2D eigenvalue weighted by atomic mass is 10.0. The molecule has 0 bridgehead atoms. The first-order valence-corrected chi connectivity index (χ1v) is 21.3. The minimum absolute atomic E-state index is 0.0137. The second-order valence-corrected chi connectivity index (χ2v) is 15.4. The number of H-pyrrole nitrogens is 2. The van der Waals surface area contributed by atoms with E-state index >= 15 is 0 Å². The van der Waals surface area contributed by atoms with Crippen molar-refractivity contribution in [3.05, 3.63) is 115 Å². The van der Waals surface area contributed by atoms with Gasteiger partial charge in [0.2, 0.25) is 23.6 Å². The number of fused-ring (bicyclic) bond motifs is 1. The summed E-state index contributed by atoms with van der Waals surface area (Å²) in [5.74, 6) is 2.32. The molecule has 2 aromatic heterocycles. The number of carbonyl (C=O) groups excluding carboxylic acids is 6. The number of aromatic amines is 2. The normalized spacial score (nSPS) is 13.2. The minimum atomic E-state index is -1.27. The molecule has 4 rings (SSSR count). The SMILES string of the molecule is C=CCN(CC#CCN(NC(=O)[C@H](C)NC(=O)[C@H](Cc1c[nH]c2ccccc12)NC(=O)[C@@H](N)Cc1cnc[nH]1)C(=O)N[C@H](Cc1ccccc1)C(=O)N[C@@H](CCCCN)C(N)=O)CC=C. The standard InChI is InChI=1S/C46H61N13O6/c1-4-21-58(22-5-2)23-13-14-24-59(46(65)56-39(25-32-15-7-6-8-16-32)45(64)54-38(41(49)60)19-11-12-20-47)57-42(61)31(3)53-44(63)40(26-33-28-51-37-18-10-9-17-35(33)37)55-43(62)36(48)27-34-29-50-30-52-34/h4-10,15-18,28-31,36,38-40,51H,1-2,11-12,19-27,47-48H2,3H3,(H2,49,60)(H,50,52)(H,53,63)(H,54,64)(H,55,62)(H,56,65)(H,57,61)/t31-,36-,38-,39+,40-/m0/s1. The number of rotatable bonds is 25. The molecule has 0 spiro atoms. The summed E-state index contributed by atoms with van der Waals surface area (Å²) in [6, 6.07) is 9.71. The van der Waals surface area contributed by atoms with E-state index < -0.39 is 65.8 Å². The van der Waals surface area contributed by atoms with Crippen molar-refractivity contribution in [3.63, 3.8) is 0 Å². The molecule has 7 amide bonds. The molecule has 4 aromatic rings. The van der Waals surface area contributed by atoms with Gasteiger partial charge in [0.25, 0.3) is 5.91 Å². The molecule has 0 aliphatic heterocycles. The van der Waals surface area contributed by atoms with E-state index in [0.717, 1.165) is 21.5 Å². The van der Waals surface area contributed by atoms with Gasteiger partial charge in [-0.1, -0.05) is 72.5 Å². The molecule has 2 aromatic carbocycles. The van der Waals surface area contributed by atoms with Gasteiger partial charge in [-0.2, -0.15) is 0 Å². The lowest BCUT2D eigenvalue weighted by molar-refractivity contribution is -0.133. The topological polar surface area (TPSA) is 292 Å². The number of nitrogens with two attached hydrogens (primary N) is 3. The Hall–Kier alpha value is -7.27. The summed E-state index contributed by atoms with van der Waals surface area (Å²) < 4.78 is 0. The Bertz CT molecular complexity index is 2260. The van der Waals surface area contributed by atoms with Gasteiger partial charge in [-0.3, -0.25) is 34.3 Å². The van der Waals surface area contributed by atoms with Gasteiger partial charge in [0.05, 0.1) is 18.9 Å². The molecule has 0 saturated heterocycles. The number of imidazole rings is 1. The smallest absolute Gasteiger partial charge is 0.337 e. The van der Waals surface area contributed by atoms with Crippen LogP contribution in [-0.4, -0.2) is 123 Å². The number of benzene rings is 2. The van der Waals surface area contributed by atoms with Gasteiger partial charge in [0.1, 0.15) is 30.7 Å². The maximum Gasteiger partial charge on any atom is 0.337 e.